The van der Waals surface area contributed by atoms with Crippen LogP contribution in [0.2, 0.25) is 0 Å². The fraction of sp³-hybridized carbons (Fsp3) is 0.0435. The van der Waals surface area contributed by atoms with E-state index in [1.807, 2.05) is 0 Å². The van der Waals surface area contributed by atoms with Gasteiger partial charge in [0.05, 0.1) is 20.0 Å². The van der Waals surface area contributed by atoms with Gasteiger partial charge in [-0.2, -0.15) is 4.99 Å². The minimum atomic E-state index is -3.89. The molecule has 0 bridgehead atoms. The Bertz CT molecular complexity index is 1720. The summed E-state index contributed by atoms with van der Waals surface area (Å²) in [4.78, 5) is 17.5. The number of allylic oxidation sites excluding steroid dienone is 1. The van der Waals surface area contributed by atoms with Gasteiger partial charge in [-0.1, -0.05) is 41.7 Å². The molecule has 1 amide bonds. The molecule has 1 aromatic heterocycles. The molecule has 0 radical (unpaired) electrons. The lowest BCUT2D eigenvalue weighted by atomic mass is 10.2. The van der Waals surface area contributed by atoms with Crippen molar-refractivity contribution in [2.45, 2.75) is 16.3 Å². The average molecular weight is 529 g/mol. The normalized spacial score (nSPS) is 12.5. The molecule has 0 aliphatic heterocycles. The zero-order valence-electron chi connectivity index (χ0n) is 18.2. The van der Waals surface area contributed by atoms with Crippen molar-refractivity contribution in [3.05, 3.63) is 95.8 Å². The third-order valence-electron chi connectivity index (χ3n) is 4.91. The van der Waals surface area contributed by atoms with Crippen molar-refractivity contribution in [1.29, 1.82) is 0 Å². The summed E-state index contributed by atoms with van der Waals surface area (Å²) in [7, 11) is -7.72. The van der Waals surface area contributed by atoms with Crippen LogP contribution in [-0.2, 0) is 26.6 Å². The SMILES string of the molecule is C=CCn1c(=NC(=O)c2cccc(NS(=O)(=O)c3ccccc3)c2)sc2cc(S(N)(=O)=O)ccc21. The molecule has 0 unspecified atom stereocenters. The number of amides is 1. The number of rotatable bonds is 7. The van der Waals surface area contributed by atoms with Gasteiger partial charge in [-0.25, -0.2) is 22.0 Å². The highest BCUT2D eigenvalue weighted by atomic mass is 32.2. The Hall–Kier alpha value is -3.58. The predicted molar refractivity (Wildman–Crippen MR) is 135 cm³/mol. The van der Waals surface area contributed by atoms with Crippen molar-refractivity contribution in [2.24, 2.45) is 10.1 Å². The van der Waals surface area contributed by atoms with Crippen molar-refractivity contribution in [3.8, 4) is 0 Å². The number of primary sulfonamides is 1. The van der Waals surface area contributed by atoms with Crippen molar-refractivity contribution in [2.75, 3.05) is 4.72 Å². The molecule has 0 fully saturated rings. The largest absolute Gasteiger partial charge is 0.312 e. The van der Waals surface area contributed by atoms with Gasteiger partial charge in [-0.15, -0.1) is 6.58 Å². The van der Waals surface area contributed by atoms with Gasteiger partial charge in [-0.05, 0) is 48.5 Å². The van der Waals surface area contributed by atoms with Gasteiger partial charge in [0.2, 0.25) is 10.0 Å². The van der Waals surface area contributed by atoms with E-state index in [1.165, 1.54) is 42.5 Å². The predicted octanol–water partition coefficient (Wildman–Crippen LogP) is 3.08. The number of hydrogen-bond acceptors (Lipinski definition) is 6. The summed E-state index contributed by atoms with van der Waals surface area (Å²) in [5.41, 5.74) is 1.05. The standard InChI is InChI=1S/C23H20N4O5S3/c1-2-13-27-20-12-11-19(34(24,29)30)15-21(20)33-23(27)25-22(28)16-7-6-8-17(14-16)26-35(31,32)18-9-4-3-5-10-18/h2-12,14-15,26H,1,13H2,(H2,24,29,30). The Labute approximate surface area is 206 Å². The van der Waals surface area contributed by atoms with E-state index < -0.39 is 26.0 Å². The van der Waals surface area contributed by atoms with Crippen molar-refractivity contribution in [1.82, 2.24) is 4.57 Å². The van der Waals surface area contributed by atoms with Gasteiger partial charge in [-0.3, -0.25) is 9.52 Å². The number of aromatic nitrogens is 1. The number of fused-ring (bicyclic) bond motifs is 1. The summed E-state index contributed by atoms with van der Waals surface area (Å²) in [6, 6.07) is 18.3. The van der Waals surface area contributed by atoms with E-state index in [1.54, 1.807) is 41.0 Å². The summed E-state index contributed by atoms with van der Waals surface area (Å²) < 4.78 is 53.4. The van der Waals surface area contributed by atoms with Gasteiger partial charge < -0.3 is 4.57 Å². The van der Waals surface area contributed by atoms with Crippen LogP contribution in [0.5, 0.6) is 0 Å². The van der Waals surface area contributed by atoms with E-state index >= 15 is 0 Å². The zero-order valence-corrected chi connectivity index (χ0v) is 20.6. The molecule has 0 aliphatic rings. The van der Waals surface area contributed by atoms with Crippen LogP contribution in [0.25, 0.3) is 10.2 Å². The van der Waals surface area contributed by atoms with Gasteiger partial charge in [0, 0.05) is 17.8 Å². The smallest absolute Gasteiger partial charge is 0.279 e. The molecule has 180 valence electrons. The zero-order chi connectivity index (χ0) is 25.2. The summed E-state index contributed by atoms with van der Waals surface area (Å²) >= 11 is 1.12. The summed E-state index contributed by atoms with van der Waals surface area (Å²) in [5, 5.41) is 5.23. The van der Waals surface area contributed by atoms with E-state index in [0.717, 1.165) is 11.3 Å². The van der Waals surface area contributed by atoms with Gasteiger partial charge >= 0.3 is 0 Å². The first-order valence-corrected chi connectivity index (χ1v) is 14.0. The van der Waals surface area contributed by atoms with Crippen molar-refractivity contribution in [3.63, 3.8) is 0 Å². The third-order valence-corrected chi connectivity index (χ3v) is 8.26. The van der Waals surface area contributed by atoms with Crippen LogP contribution in [0.1, 0.15) is 10.4 Å². The lowest BCUT2D eigenvalue weighted by Crippen LogP contribution is -2.16. The molecule has 0 atom stereocenters. The number of sulfonamides is 2. The van der Waals surface area contributed by atoms with Crippen LogP contribution in [0.3, 0.4) is 0 Å². The number of carbonyl (C=O) groups excluding carboxylic acids is 1. The fourth-order valence-corrected chi connectivity index (χ4v) is 6.06. The molecule has 1 heterocycles. The number of nitrogens with two attached hydrogens (primary N) is 1. The maximum atomic E-state index is 13.0. The van der Waals surface area contributed by atoms with E-state index in [9.17, 15) is 21.6 Å². The molecule has 3 aromatic carbocycles. The molecule has 0 spiro atoms. The number of hydrogen-bond donors (Lipinski definition) is 2. The highest BCUT2D eigenvalue weighted by Gasteiger charge is 2.16. The Morgan fingerprint density at radius 2 is 1.74 bits per heavy atom. The maximum Gasteiger partial charge on any atom is 0.279 e. The Kier molecular flexibility index (Phi) is 6.72. The van der Waals surface area contributed by atoms with E-state index in [4.69, 9.17) is 5.14 Å². The van der Waals surface area contributed by atoms with Gasteiger partial charge in [0.25, 0.3) is 15.9 Å². The molecule has 9 nitrogen and oxygen atoms in total. The van der Waals surface area contributed by atoms with E-state index in [-0.39, 0.29) is 21.0 Å². The van der Waals surface area contributed by atoms with Crippen LogP contribution in [0, 0.1) is 0 Å². The Morgan fingerprint density at radius 3 is 2.43 bits per heavy atom. The monoisotopic (exact) mass is 528 g/mol. The third kappa shape index (κ3) is 5.41. The molecular weight excluding hydrogens is 508 g/mol. The second-order valence-electron chi connectivity index (χ2n) is 7.37. The number of nitrogens with one attached hydrogen (secondary N) is 1. The van der Waals surface area contributed by atoms with Gasteiger partial charge in [0.15, 0.2) is 4.80 Å². The van der Waals surface area contributed by atoms with E-state index in [0.29, 0.717) is 21.6 Å². The second kappa shape index (κ2) is 9.58. The van der Waals surface area contributed by atoms with Crippen LogP contribution < -0.4 is 14.7 Å². The number of thiazole rings is 1. The lowest BCUT2D eigenvalue weighted by Gasteiger charge is -2.08. The molecule has 0 aliphatic carbocycles. The van der Waals surface area contributed by atoms with Crippen LogP contribution in [0.15, 0.2) is 100 Å². The quantitative estimate of drug-likeness (QED) is 0.355. The second-order valence-corrected chi connectivity index (χ2v) is 11.6. The lowest BCUT2D eigenvalue weighted by molar-refractivity contribution is 0.0998. The van der Waals surface area contributed by atoms with Crippen LogP contribution in [-0.4, -0.2) is 27.3 Å². The Balaban J connectivity index is 1.71. The summed E-state index contributed by atoms with van der Waals surface area (Å²) in [6.07, 6.45) is 1.63. The minimum Gasteiger partial charge on any atom is -0.312 e. The highest BCUT2D eigenvalue weighted by molar-refractivity contribution is 7.92. The summed E-state index contributed by atoms with van der Waals surface area (Å²) in [6.45, 7) is 4.06. The summed E-state index contributed by atoms with van der Waals surface area (Å²) in [5.74, 6) is -0.596. The molecule has 3 N–H and O–H groups in total. The maximum absolute atomic E-state index is 13.0. The first kappa shape index (κ1) is 24.5. The number of carbonyl (C=O) groups is 1. The van der Waals surface area contributed by atoms with Crippen LogP contribution >= 0.6 is 11.3 Å². The molecule has 0 saturated carbocycles. The molecule has 12 heteroatoms. The first-order chi connectivity index (χ1) is 16.6. The number of benzene rings is 3. The van der Waals surface area contributed by atoms with Crippen molar-refractivity contribution < 1.29 is 21.6 Å². The van der Waals surface area contributed by atoms with Crippen molar-refractivity contribution >= 4 is 53.2 Å². The molecular formula is C23H20N4O5S3. The first-order valence-electron chi connectivity index (χ1n) is 10.1. The molecule has 4 rings (SSSR count). The highest BCUT2D eigenvalue weighted by Crippen LogP contribution is 2.22. The fourth-order valence-electron chi connectivity index (χ4n) is 3.30. The number of anilines is 1. The topological polar surface area (TPSA) is 141 Å². The van der Waals surface area contributed by atoms with E-state index in [2.05, 4.69) is 16.3 Å². The van der Waals surface area contributed by atoms with Gasteiger partial charge in [0.1, 0.15) is 0 Å². The van der Waals surface area contributed by atoms with Crippen LogP contribution in [0.4, 0.5) is 5.69 Å². The average Bonchev–Trinajstić information content (AvgIpc) is 3.15. The molecule has 35 heavy (non-hydrogen) atoms. The molecule has 4 aromatic rings. The molecule has 0 saturated heterocycles. The minimum absolute atomic E-state index is 0.0479. The Morgan fingerprint density at radius 1 is 1.00 bits per heavy atom. The number of nitrogens with zero attached hydrogens (tertiary/aromatic N) is 2.